The van der Waals surface area contributed by atoms with Crippen molar-refractivity contribution in [3.05, 3.63) is 108 Å². The van der Waals surface area contributed by atoms with Gasteiger partial charge >= 0.3 is 0 Å². The molecule has 39 heavy (non-hydrogen) atoms. The topological polar surface area (TPSA) is 70.0 Å². The molecule has 0 spiro atoms. The van der Waals surface area contributed by atoms with Crippen LogP contribution in [-0.2, 0) is 43.5 Å². The van der Waals surface area contributed by atoms with Crippen molar-refractivity contribution in [3.63, 3.8) is 0 Å². The van der Waals surface area contributed by atoms with Crippen molar-refractivity contribution in [2.75, 3.05) is 6.61 Å². The summed E-state index contributed by atoms with van der Waals surface area (Å²) in [6.07, 6.45) is -2.47. The Morgan fingerprint density at radius 3 is 1.69 bits per heavy atom. The Hall–Kier alpha value is -2.16. The lowest BCUT2D eigenvalue weighted by Crippen LogP contribution is -2.58. The molecule has 0 aromatic heterocycles. The van der Waals surface area contributed by atoms with Gasteiger partial charge in [-0.15, -0.1) is 0 Å². The van der Waals surface area contributed by atoms with Gasteiger partial charge in [-0.25, -0.2) is 0 Å². The molecular weight excluding hydrogens is 561 g/mol. The number of hydrogen-bond donors (Lipinski definition) is 1. The lowest BCUT2D eigenvalue weighted by molar-refractivity contribution is -0.285. The molecule has 5 atom stereocenters. The van der Waals surface area contributed by atoms with E-state index in [2.05, 4.69) is 0 Å². The van der Waals surface area contributed by atoms with Gasteiger partial charge < -0.3 is 23.7 Å². The van der Waals surface area contributed by atoms with Gasteiger partial charge in [-0.2, -0.15) is 0 Å². The van der Waals surface area contributed by atoms with Crippen molar-refractivity contribution in [1.29, 1.82) is 5.41 Å². The van der Waals surface area contributed by atoms with Crippen molar-refractivity contribution < 1.29 is 23.7 Å². The van der Waals surface area contributed by atoms with Gasteiger partial charge in [0.1, 0.15) is 12.2 Å². The normalized spacial score (nSPS) is 23.3. The highest BCUT2D eigenvalue weighted by Crippen LogP contribution is 2.35. The Labute approximate surface area is 244 Å². The Bertz CT molecular complexity index is 1150. The van der Waals surface area contributed by atoms with Gasteiger partial charge in [-0.3, -0.25) is 5.41 Å². The number of benzene rings is 3. The molecule has 0 aliphatic carbocycles. The molecule has 3 aromatic rings. The Kier molecular flexibility index (Phi) is 11.1. The number of halogens is 3. The molecule has 1 heterocycles. The molecule has 1 saturated heterocycles. The van der Waals surface area contributed by atoms with E-state index in [4.69, 9.17) is 63.9 Å². The van der Waals surface area contributed by atoms with Gasteiger partial charge in [0.25, 0.3) is 3.79 Å². The van der Waals surface area contributed by atoms with Crippen LogP contribution in [-0.4, -0.2) is 40.9 Å². The smallest absolute Gasteiger partial charge is 0.265 e. The fourth-order valence-corrected chi connectivity index (χ4v) is 4.47. The van der Waals surface area contributed by atoms with Gasteiger partial charge in [-0.05, 0) is 16.7 Å². The second-order valence-corrected chi connectivity index (χ2v) is 11.7. The van der Waals surface area contributed by atoms with Crippen LogP contribution in [0.5, 0.6) is 0 Å². The monoisotopic (exact) mass is 591 g/mol. The van der Waals surface area contributed by atoms with E-state index >= 15 is 0 Å². The fourth-order valence-electron chi connectivity index (χ4n) is 4.34. The zero-order chi connectivity index (χ0) is 27.7. The van der Waals surface area contributed by atoms with E-state index in [1.807, 2.05) is 97.9 Å². The second-order valence-electron chi connectivity index (χ2n) is 9.37. The SMILES string of the molecule is CC1C(OC(=N)C(Cl)(Cl)Cl)OC(COCc2ccccc2)C(OCc2ccccc2)C1OCc1ccccc1. The molecule has 6 nitrogen and oxygen atoms in total. The van der Waals surface area contributed by atoms with Gasteiger partial charge in [0.2, 0.25) is 12.2 Å². The highest BCUT2D eigenvalue weighted by atomic mass is 35.6. The summed E-state index contributed by atoms with van der Waals surface area (Å²) in [7, 11) is 0. The van der Waals surface area contributed by atoms with Crippen LogP contribution in [0.25, 0.3) is 0 Å². The van der Waals surface area contributed by atoms with Crippen LogP contribution in [0.2, 0.25) is 0 Å². The summed E-state index contributed by atoms with van der Waals surface area (Å²) in [4.78, 5) is 0. The second kappa shape index (κ2) is 14.5. The van der Waals surface area contributed by atoms with Crippen LogP contribution in [0.4, 0.5) is 0 Å². The first kappa shape index (κ1) is 29.8. The first-order valence-corrected chi connectivity index (χ1v) is 13.8. The maximum atomic E-state index is 8.13. The molecule has 0 bridgehead atoms. The first-order valence-electron chi connectivity index (χ1n) is 12.7. The third-order valence-electron chi connectivity index (χ3n) is 6.40. The minimum atomic E-state index is -2.02. The molecular formula is C30H32Cl3NO5. The predicted molar refractivity (Wildman–Crippen MR) is 153 cm³/mol. The molecule has 0 radical (unpaired) electrons. The number of nitrogens with one attached hydrogen (secondary N) is 1. The summed E-state index contributed by atoms with van der Waals surface area (Å²) in [6, 6.07) is 29.6. The van der Waals surface area contributed by atoms with Gasteiger partial charge in [0.15, 0.2) is 0 Å². The molecule has 9 heteroatoms. The molecule has 1 aliphatic rings. The molecule has 5 unspecified atom stereocenters. The largest absolute Gasteiger partial charge is 0.448 e. The van der Waals surface area contributed by atoms with E-state index in [9.17, 15) is 0 Å². The van der Waals surface area contributed by atoms with Crippen molar-refractivity contribution in [2.24, 2.45) is 5.92 Å². The van der Waals surface area contributed by atoms with Crippen molar-refractivity contribution >= 4 is 40.7 Å². The van der Waals surface area contributed by atoms with Crippen LogP contribution >= 0.6 is 34.8 Å². The zero-order valence-corrected chi connectivity index (χ0v) is 23.8. The Morgan fingerprint density at radius 1 is 0.744 bits per heavy atom. The molecule has 3 aromatic carbocycles. The van der Waals surface area contributed by atoms with Crippen molar-refractivity contribution in [2.45, 2.75) is 55.1 Å². The highest BCUT2D eigenvalue weighted by molar-refractivity contribution is 6.76. The average Bonchev–Trinajstić information content (AvgIpc) is 2.94. The minimum absolute atomic E-state index is 0.202. The van der Waals surface area contributed by atoms with E-state index in [-0.39, 0.29) is 12.5 Å². The first-order chi connectivity index (χ1) is 18.8. The molecule has 4 rings (SSSR count). The van der Waals surface area contributed by atoms with Gasteiger partial charge in [0.05, 0.1) is 32.5 Å². The van der Waals surface area contributed by atoms with Crippen LogP contribution in [0.15, 0.2) is 91.0 Å². The number of hydrogen-bond acceptors (Lipinski definition) is 6. The van der Waals surface area contributed by atoms with Crippen molar-refractivity contribution in [1.82, 2.24) is 0 Å². The summed E-state index contributed by atoms with van der Waals surface area (Å²) < 4.78 is 29.0. The van der Waals surface area contributed by atoms with Gasteiger partial charge in [-0.1, -0.05) is 133 Å². The summed E-state index contributed by atoms with van der Waals surface area (Å²) in [5.41, 5.74) is 3.07. The number of alkyl halides is 3. The van der Waals surface area contributed by atoms with Crippen LogP contribution < -0.4 is 0 Å². The molecule has 1 N–H and O–H groups in total. The van der Waals surface area contributed by atoms with E-state index in [0.717, 1.165) is 16.7 Å². The standard InChI is InChI=1S/C30H32Cl3NO5/c1-21-26(36-18-23-13-7-3-8-14-23)27(37-19-24-15-9-4-10-16-24)25(20-35-17-22-11-5-2-6-12-22)38-28(21)39-29(34)30(31,32)33/h2-16,21,25-28,34H,17-20H2,1H3. The van der Waals surface area contributed by atoms with Crippen molar-refractivity contribution in [3.8, 4) is 0 Å². The molecule has 0 saturated carbocycles. The fraction of sp³-hybridized carbons (Fsp3) is 0.367. The number of ether oxygens (including phenoxy) is 5. The quantitative estimate of drug-likeness (QED) is 0.146. The van der Waals surface area contributed by atoms with E-state index < -0.39 is 34.3 Å². The Balaban J connectivity index is 1.56. The lowest BCUT2D eigenvalue weighted by Gasteiger charge is -2.45. The summed E-state index contributed by atoms with van der Waals surface area (Å²) in [5.74, 6) is -0.897. The third-order valence-corrected chi connectivity index (χ3v) is 6.92. The summed E-state index contributed by atoms with van der Waals surface area (Å²) in [6.45, 7) is 3.22. The molecule has 0 amide bonds. The van der Waals surface area contributed by atoms with E-state index in [0.29, 0.717) is 19.8 Å². The highest BCUT2D eigenvalue weighted by Gasteiger charge is 2.48. The van der Waals surface area contributed by atoms with Crippen LogP contribution in [0.1, 0.15) is 23.6 Å². The van der Waals surface area contributed by atoms with Crippen LogP contribution in [0.3, 0.4) is 0 Å². The average molecular weight is 593 g/mol. The molecule has 1 fully saturated rings. The summed E-state index contributed by atoms with van der Waals surface area (Å²) >= 11 is 17.7. The molecule has 208 valence electrons. The van der Waals surface area contributed by atoms with E-state index in [1.54, 1.807) is 0 Å². The van der Waals surface area contributed by atoms with Gasteiger partial charge in [0, 0.05) is 5.92 Å². The Morgan fingerprint density at radius 2 is 1.21 bits per heavy atom. The minimum Gasteiger partial charge on any atom is -0.448 e. The number of rotatable bonds is 11. The third kappa shape index (κ3) is 8.92. The predicted octanol–water partition coefficient (Wildman–Crippen LogP) is 7.10. The van der Waals surface area contributed by atoms with Crippen LogP contribution in [0, 0.1) is 11.3 Å². The maximum Gasteiger partial charge on any atom is 0.265 e. The summed E-state index contributed by atoms with van der Waals surface area (Å²) in [5, 5.41) is 8.13. The lowest BCUT2D eigenvalue weighted by atomic mass is 9.91. The van der Waals surface area contributed by atoms with E-state index in [1.165, 1.54) is 0 Å². The molecule has 1 aliphatic heterocycles. The zero-order valence-electron chi connectivity index (χ0n) is 21.6. The maximum absolute atomic E-state index is 8.13.